The van der Waals surface area contributed by atoms with Crippen LogP contribution >= 0.6 is 22.7 Å². The van der Waals surface area contributed by atoms with Gasteiger partial charge in [0.05, 0.1) is 33.1 Å². The number of rotatable bonds is 6. The molecule has 7 nitrogen and oxygen atoms in total. The van der Waals surface area contributed by atoms with Gasteiger partial charge in [-0.15, -0.1) is 22.7 Å². The molecule has 4 N–H and O–H groups in total. The van der Waals surface area contributed by atoms with E-state index in [2.05, 4.69) is 9.97 Å². The van der Waals surface area contributed by atoms with Crippen LogP contribution in [-0.4, -0.2) is 15.8 Å². The molecule has 4 aromatic rings. The van der Waals surface area contributed by atoms with E-state index in [1.165, 1.54) is 22.7 Å². The Bertz CT molecular complexity index is 1090. The first-order chi connectivity index (χ1) is 14.1. The molecule has 0 aliphatic rings. The molecule has 156 valence electrons. The first-order valence-corrected chi connectivity index (χ1v) is 10.9. The summed E-state index contributed by atoms with van der Waals surface area (Å²) in [5.41, 5.74) is 11.4. The van der Waals surface area contributed by atoms with Crippen LogP contribution in [0.2, 0.25) is 0 Å². The Hall–Kier alpha value is -2.91. The smallest absolute Gasteiger partial charge is 0.180 e. The minimum atomic E-state index is -0.889. The largest absolute Gasteiger partial charge is 0.463 e. The van der Waals surface area contributed by atoms with Crippen molar-refractivity contribution >= 4 is 38.7 Å². The number of anilines is 2. The van der Waals surface area contributed by atoms with Crippen LogP contribution in [0.4, 0.5) is 10.3 Å². The lowest BCUT2D eigenvalue weighted by Crippen LogP contribution is -2.42. The molecule has 0 aliphatic heterocycles. The van der Waals surface area contributed by atoms with E-state index < -0.39 is 10.8 Å². The van der Waals surface area contributed by atoms with E-state index in [9.17, 15) is 4.79 Å². The van der Waals surface area contributed by atoms with Crippen molar-refractivity contribution in [1.29, 1.82) is 0 Å². The SMILES string of the molecule is CC(C)(C(=O)C(C)(C)c1sc(N)nc1-c1ccco1)c1sc(N)nc1-c1ccco1. The highest BCUT2D eigenvalue weighted by molar-refractivity contribution is 7.16. The van der Waals surface area contributed by atoms with Gasteiger partial charge in [-0.25, -0.2) is 9.97 Å². The van der Waals surface area contributed by atoms with Gasteiger partial charge in [-0.3, -0.25) is 4.79 Å². The number of nitrogen functional groups attached to an aromatic ring is 2. The van der Waals surface area contributed by atoms with Gasteiger partial charge in [0, 0.05) is 0 Å². The summed E-state index contributed by atoms with van der Waals surface area (Å²) in [6.45, 7) is 7.53. The number of nitrogens with two attached hydrogens (primary N) is 2. The van der Waals surface area contributed by atoms with Crippen LogP contribution in [-0.2, 0) is 15.6 Å². The monoisotopic (exact) mass is 442 g/mol. The highest BCUT2D eigenvalue weighted by Gasteiger charge is 2.46. The summed E-state index contributed by atoms with van der Waals surface area (Å²) >= 11 is 2.59. The number of Topliss-reactive ketones (excluding diaryl/α,β-unsaturated/α-hetero) is 1. The summed E-state index contributed by atoms with van der Waals surface area (Å²) in [4.78, 5) is 24.3. The van der Waals surface area contributed by atoms with Gasteiger partial charge < -0.3 is 20.3 Å². The van der Waals surface area contributed by atoms with Crippen LogP contribution in [0, 0.1) is 0 Å². The zero-order valence-electron chi connectivity index (χ0n) is 17.1. The average Bonchev–Trinajstić information content (AvgIpc) is 3.46. The van der Waals surface area contributed by atoms with Gasteiger partial charge in [0.15, 0.2) is 27.6 Å². The predicted octanol–water partition coefficient (Wildman–Crippen LogP) is 5.11. The zero-order chi connectivity index (χ0) is 21.7. The highest BCUT2D eigenvalue weighted by Crippen LogP contribution is 2.46. The van der Waals surface area contributed by atoms with E-state index in [1.807, 2.05) is 39.8 Å². The third kappa shape index (κ3) is 3.23. The molecule has 0 atom stereocenters. The van der Waals surface area contributed by atoms with E-state index in [0.29, 0.717) is 33.2 Å². The van der Waals surface area contributed by atoms with Gasteiger partial charge >= 0.3 is 0 Å². The van der Waals surface area contributed by atoms with Crippen LogP contribution in [0.5, 0.6) is 0 Å². The molecule has 30 heavy (non-hydrogen) atoms. The molecule has 4 aromatic heterocycles. The van der Waals surface area contributed by atoms with Crippen molar-refractivity contribution < 1.29 is 13.6 Å². The number of hydrogen-bond acceptors (Lipinski definition) is 9. The number of hydrogen-bond donors (Lipinski definition) is 2. The first kappa shape index (κ1) is 20.4. The van der Waals surface area contributed by atoms with E-state index >= 15 is 0 Å². The molecular weight excluding hydrogens is 420 g/mol. The first-order valence-electron chi connectivity index (χ1n) is 9.28. The molecule has 0 aromatic carbocycles. The molecule has 0 amide bonds. The van der Waals surface area contributed by atoms with Crippen molar-refractivity contribution in [3.8, 4) is 22.9 Å². The van der Waals surface area contributed by atoms with Gasteiger partial charge in [-0.05, 0) is 52.0 Å². The molecule has 0 bridgehead atoms. The minimum absolute atomic E-state index is 0.0112. The summed E-state index contributed by atoms with van der Waals surface area (Å²) in [6.07, 6.45) is 3.15. The van der Waals surface area contributed by atoms with Gasteiger partial charge in [0.2, 0.25) is 0 Å². The Morgan fingerprint density at radius 2 is 1.23 bits per heavy atom. The zero-order valence-corrected chi connectivity index (χ0v) is 18.7. The second-order valence-electron chi connectivity index (χ2n) is 7.99. The Labute approximate surface area is 181 Å². The average molecular weight is 443 g/mol. The Morgan fingerprint density at radius 1 is 0.833 bits per heavy atom. The fourth-order valence-electron chi connectivity index (χ4n) is 3.67. The molecule has 0 saturated carbocycles. The fraction of sp³-hybridized carbons (Fsp3) is 0.286. The van der Waals surface area contributed by atoms with Gasteiger partial charge in [-0.1, -0.05) is 0 Å². The van der Waals surface area contributed by atoms with Crippen LogP contribution in [0.3, 0.4) is 0 Å². The van der Waals surface area contributed by atoms with Crippen molar-refractivity contribution in [2.24, 2.45) is 0 Å². The molecule has 0 fully saturated rings. The molecule has 9 heteroatoms. The Balaban J connectivity index is 1.80. The predicted molar refractivity (Wildman–Crippen MR) is 120 cm³/mol. The summed E-state index contributed by atoms with van der Waals surface area (Å²) in [6, 6.07) is 7.18. The molecule has 0 aliphatic carbocycles. The summed E-state index contributed by atoms with van der Waals surface area (Å²) in [5, 5.41) is 0.766. The molecule has 0 saturated heterocycles. The van der Waals surface area contributed by atoms with E-state index in [1.54, 1.807) is 24.7 Å². The fourth-order valence-corrected chi connectivity index (χ4v) is 5.54. The number of aromatic nitrogens is 2. The van der Waals surface area contributed by atoms with E-state index in [0.717, 1.165) is 9.75 Å². The van der Waals surface area contributed by atoms with Crippen LogP contribution in [0.25, 0.3) is 22.9 Å². The normalized spacial score (nSPS) is 12.4. The quantitative estimate of drug-likeness (QED) is 0.425. The standard InChI is InChI=1S/C21H22N4O3S2/c1-20(2,15-13(24-18(22)29-15)11-7-5-9-27-11)17(26)21(3,4)16-14(25-19(23)30-16)12-8-6-10-28-12/h5-10H,1-4H3,(H2,22,24)(H2,23,25). The second kappa shape index (κ2) is 7.10. The lowest BCUT2D eigenvalue weighted by Gasteiger charge is -2.32. The van der Waals surface area contributed by atoms with Gasteiger partial charge in [0.1, 0.15) is 11.4 Å². The Morgan fingerprint density at radius 3 is 1.57 bits per heavy atom. The van der Waals surface area contributed by atoms with Crippen LogP contribution < -0.4 is 11.5 Å². The lowest BCUT2D eigenvalue weighted by molar-refractivity contribution is -0.128. The maximum absolute atomic E-state index is 14.0. The number of ketones is 1. The van der Waals surface area contributed by atoms with E-state index in [-0.39, 0.29) is 5.78 Å². The summed E-state index contributed by atoms with van der Waals surface area (Å²) in [5.74, 6) is 1.15. The molecule has 0 spiro atoms. The number of nitrogens with zero attached hydrogens (tertiary/aromatic N) is 2. The molecule has 4 rings (SSSR count). The molecule has 0 radical (unpaired) electrons. The Kier molecular flexibility index (Phi) is 4.82. The second-order valence-corrected chi connectivity index (χ2v) is 10.1. The maximum atomic E-state index is 14.0. The number of carbonyl (C=O) groups excluding carboxylic acids is 1. The van der Waals surface area contributed by atoms with Crippen LogP contribution in [0.15, 0.2) is 45.6 Å². The summed E-state index contributed by atoms with van der Waals surface area (Å²) in [7, 11) is 0. The number of thiazole rings is 2. The van der Waals surface area contributed by atoms with Crippen molar-refractivity contribution in [1.82, 2.24) is 9.97 Å². The minimum Gasteiger partial charge on any atom is -0.463 e. The molecule has 0 unspecified atom stereocenters. The third-order valence-corrected chi connectivity index (χ3v) is 7.48. The number of furan rings is 2. The van der Waals surface area contributed by atoms with Crippen molar-refractivity contribution in [3.05, 3.63) is 46.5 Å². The maximum Gasteiger partial charge on any atom is 0.180 e. The molecular formula is C21H22N4O3S2. The topological polar surface area (TPSA) is 121 Å². The van der Waals surface area contributed by atoms with Crippen molar-refractivity contribution in [2.75, 3.05) is 11.5 Å². The van der Waals surface area contributed by atoms with Crippen LogP contribution in [0.1, 0.15) is 37.4 Å². The van der Waals surface area contributed by atoms with E-state index in [4.69, 9.17) is 20.3 Å². The number of carbonyl (C=O) groups is 1. The van der Waals surface area contributed by atoms with Gasteiger partial charge in [-0.2, -0.15) is 0 Å². The van der Waals surface area contributed by atoms with Crippen molar-refractivity contribution in [3.63, 3.8) is 0 Å². The lowest BCUT2D eigenvalue weighted by atomic mass is 9.71. The molecule has 4 heterocycles. The van der Waals surface area contributed by atoms with Crippen molar-refractivity contribution in [2.45, 2.75) is 38.5 Å². The highest BCUT2D eigenvalue weighted by atomic mass is 32.1. The van der Waals surface area contributed by atoms with Gasteiger partial charge in [0.25, 0.3) is 0 Å². The third-order valence-electron chi connectivity index (χ3n) is 5.07. The summed E-state index contributed by atoms with van der Waals surface area (Å²) < 4.78 is 11.1.